The van der Waals surface area contributed by atoms with Crippen LogP contribution in [-0.2, 0) is 16.1 Å². The highest BCUT2D eigenvalue weighted by atomic mass is 16.5. The Morgan fingerprint density at radius 3 is 3.00 bits per heavy atom. The first-order valence-corrected chi connectivity index (χ1v) is 7.90. The van der Waals surface area contributed by atoms with E-state index in [1.807, 2.05) is 24.3 Å². The molecule has 2 aliphatic heterocycles. The first-order valence-electron chi connectivity index (χ1n) is 7.90. The van der Waals surface area contributed by atoms with E-state index in [1.54, 1.807) is 0 Å². The molecule has 1 aromatic carbocycles. The Kier molecular flexibility index (Phi) is 4.64. The molecule has 2 saturated heterocycles. The average molecular weight is 305 g/mol. The molecular weight excluding hydrogens is 282 g/mol. The molecule has 5 heteroatoms. The lowest BCUT2D eigenvalue weighted by Crippen LogP contribution is -2.43. The highest BCUT2D eigenvalue weighted by Crippen LogP contribution is 2.38. The molecule has 1 N–H and O–H groups in total. The first kappa shape index (κ1) is 15.3. The second-order valence-electron chi connectivity index (χ2n) is 6.41. The number of hydrogen-bond donors (Lipinski definition) is 1. The van der Waals surface area contributed by atoms with Crippen LogP contribution in [-0.4, -0.2) is 48.9 Å². The van der Waals surface area contributed by atoms with E-state index < -0.39 is 5.97 Å². The van der Waals surface area contributed by atoms with Crippen LogP contribution in [0.25, 0.3) is 0 Å². The molecule has 0 aromatic heterocycles. The van der Waals surface area contributed by atoms with Crippen molar-refractivity contribution in [1.82, 2.24) is 4.90 Å². The number of piperidine rings is 1. The number of nitrogens with zero attached hydrogens (tertiary/aromatic N) is 1. The topological polar surface area (TPSA) is 59.0 Å². The Morgan fingerprint density at radius 2 is 2.23 bits per heavy atom. The highest BCUT2D eigenvalue weighted by molar-refractivity contribution is 5.68. The number of benzene rings is 1. The fourth-order valence-electron chi connectivity index (χ4n) is 3.57. The molecule has 0 amide bonds. The Labute approximate surface area is 130 Å². The lowest BCUT2D eigenvalue weighted by Gasteiger charge is -2.39. The van der Waals surface area contributed by atoms with Gasteiger partial charge in [-0.05, 0) is 31.9 Å². The average Bonchev–Trinajstić information content (AvgIpc) is 2.94. The number of aliphatic carboxylic acids is 1. The van der Waals surface area contributed by atoms with Gasteiger partial charge >= 0.3 is 5.97 Å². The number of ether oxygens (including phenoxy) is 2. The van der Waals surface area contributed by atoms with Gasteiger partial charge in [0.05, 0.1) is 6.61 Å². The van der Waals surface area contributed by atoms with E-state index in [2.05, 4.69) is 4.90 Å². The lowest BCUT2D eigenvalue weighted by molar-refractivity contribution is -0.139. The van der Waals surface area contributed by atoms with Gasteiger partial charge in [-0.2, -0.15) is 0 Å². The third-order valence-corrected chi connectivity index (χ3v) is 4.64. The van der Waals surface area contributed by atoms with E-state index >= 15 is 0 Å². The summed E-state index contributed by atoms with van der Waals surface area (Å²) in [6, 6.07) is 7.71. The number of carbonyl (C=O) groups is 1. The monoisotopic (exact) mass is 305 g/mol. The summed E-state index contributed by atoms with van der Waals surface area (Å²) in [4.78, 5) is 13.1. The van der Waals surface area contributed by atoms with Crippen LogP contribution in [0.2, 0.25) is 0 Å². The lowest BCUT2D eigenvalue weighted by atomic mass is 9.79. The number of rotatable bonds is 5. The van der Waals surface area contributed by atoms with Crippen molar-refractivity contribution >= 4 is 5.97 Å². The molecule has 2 fully saturated rings. The Morgan fingerprint density at radius 1 is 1.36 bits per heavy atom. The van der Waals surface area contributed by atoms with Crippen molar-refractivity contribution < 1.29 is 19.4 Å². The molecule has 1 unspecified atom stereocenters. The van der Waals surface area contributed by atoms with Crippen molar-refractivity contribution in [2.45, 2.75) is 25.8 Å². The third-order valence-electron chi connectivity index (χ3n) is 4.64. The van der Waals surface area contributed by atoms with Crippen molar-refractivity contribution in [3.63, 3.8) is 0 Å². The summed E-state index contributed by atoms with van der Waals surface area (Å²) >= 11 is 0. The minimum atomic E-state index is -0.949. The molecule has 2 heterocycles. The molecule has 5 nitrogen and oxygen atoms in total. The highest BCUT2D eigenvalue weighted by Gasteiger charge is 2.38. The molecule has 0 aliphatic carbocycles. The molecular formula is C17H23NO4. The quantitative estimate of drug-likeness (QED) is 0.903. The van der Waals surface area contributed by atoms with E-state index in [1.165, 1.54) is 12.8 Å². The maximum absolute atomic E-state index is 10.7. The van der Waals surface area contributed by atoms with Crippen LogP contribution in [0.5, 0.6) is 5.75 Å². The molecule has 0 radical (unpaired) electrons. The smallest absolute Gasteiger partial charge is 0.341 e. The minimum Gasteiger partial charge on any atom is -0.482 e. The Hall–Kier alpha value is -1.59. The van der Waals surface area contributed by atoms with Crippen LogP contribution >= 0.6 is 0 Å². The van der Waals surface area contributed by atoms with Gasteiger partial charge in [0.2, 0.25) is 0 Å². The molecule has 1 aromatic rings. The van der Waals surface area contributed by atoms with Crippen LogP contribution < -0.4 is 4.74 Å². The summed E-state index contributed by atoms with van der Waals surface area (Å²) in [5.41, 5.74) is 1.38. The van der Waals surface area contributed by atoms with Gasteiger partial charge in [-0.3, -0.25) is 4.90 Å². The summed E-state index contributed by atoms with van der Waals surface area (Å²) in [5, 5.41) is 8.78. The standard InChI is InChI=1S/C17H23NO4/c19-16(20)11-22-15-5-2-1-4-14(15)10-18-8-3-6-17(12-18)7-9-21-13-17/h1-2,4-5H,3,6-13H2,(H,19,20). The summed E-state index contributed by atoms with van der Waals surface area (Å²) in [6.07, 6.45) is 3.60. The van der Waals surface area contributed by atoms with Gasteiger partial charge in [0.1, 0.15) is 5.75 Å². The van der Waals surface area contributed by atoms with Gasteiger partial charge in [-0.1, -0.05) is 18.2 Å². The van der Waals surface area contributed by atoms with Crippen LogP contribution in [0.4, 0.5) is 0 Å². The molecule has 1 atom stereocenters. The molecule has 0 saturated carbocycles. The van der Waals surface area contributed by atoms with Gasteiger partial charge < -0.3 is 14.6 Å². The van der Waals surface area contributed by atoms with Crippen molar-refractivity contribution in [2.75, 3.05) is 32.9 Å². The van der Waals surface area contributed by atoms with Crippen LogP contribution in [0.15, 0.2) is 24.3 Å². The van der Waals surface area contributed by atoms with Gasteiger partial charge in [-0.15, -0.1) is 0 Å². The van der Waals surface area contributed by atoms with E-state index in [-0.39, 0.29) is 6.61 Å². The second kappa shape index (κ2) is 6.67. The maximum Gasteiger partial charge on any atom is 0.341 e. The summed E-state index contributed by atoms with van der Waals surface area (Å²) < 4.78 is 11.0. The zero-order valence-corrected chi connectivity index (χ0v) is 12.8. The third kappa shape index (κ3) is 3.59. The Bertz CT molecular complexity index is 525. The van der Waals surface area contributed by atoms with Crippen molar-refractivity contribution in [3.8, 4) is 5.75 Å². The molecule has 3 rings (SSSR count). The zero-order valence-electron chi connectivity index (χ0n) is 12.8. The maximum atomic E-state index is 10.7. The molecule has 22 heavy (non-hydrogen) atoms. The SMILES string of the molecule is O=C(O)COc1ccccc1CN1CCCC2(CCOC2)C1. The normalized spacial score (nSPS) is 25.5. The number of likely N-dealkylation sites (tertiary alicyclic amines) is 1. The number of carboxylic acid groups (broad SMARTS) is 1. The molecule has 120 valence electrons. The number of carboxylic acids is 1. The van der Waals surface area contributed by atoms with Crippen LogP contribution in [0, 0.1) is 5.41 Å². The van der Waals surface area contributed by atoms with Gasteiger partial charge in [0.15, 0.2) is 6.61 Å². The van der Waals surface area contributed by atoms with E-state index in [9.17, 15) is 4.79 Å². The zero-order chi connectivity index (χ0) is 15.4. The van der Waals surface area contributed by atoms with Crippen molar-refractivity contribution in [3.05, 3.63) is 29.8 Å². The van der Waals surface area contributed by atoms with E-state index in [0.29, 0.717) is 11.2 Å². The summed E-state index contributed by atoms with van der Waals surface area (Å²) in [6.45, 7) is 4.40. The predicted octanol–water partition coefficient (Wildman–Crippen LogP) is 2.15. The molecule has 2 aliphatic rings. The number of hydrogen-bond acceptors (Lipinski definition) is 4. The van der Waals surface area contributed by atoms with E-state index in [4.69, 9.17) is 14.6 Å². The van der Waals surface area contributed by atoms with Crippen molar-refractivity contribution in [1.29, 1.82) is 0 Å². The predicted molar refractivity (Wildman–Crippen MR) is 82.0 cm³/mol. The van der Waals surface area contributed by atoms with Crippen molar-refractivity contribution in [2.24, 2.45) is 5.41 Å². The number of para-hydroxylation sites is 1. The minimum absolute atomic E-state index is 0.297. The molecule has 1 spiro atoms. The van der Waals surface area contributed by atoms with E-state index in [0.717, 1.165) is 44.8 Å². The van der Waals surface area contributed by atoms with Crippen LogP contribution in [0.3, 0.4) is 0 Å². The second-order valence-corrected chi connectivity index (χ2v) is 6.41. The fraction of sp³-hybridized carbons (Fsp3) is 0.588. The van der Waals surface area contributed by atoms with Gasteiger partial charge in [0, 0.05) is 30.7 Å². The molecule has 0 bridgehead atoms. The Balaban J connectivity index is 1.66. The van der Waals surface area contributed by atoms with Gasteiger partial charge in [0.25, 0.3) is 0 Å². The summed E-state index contributed by atoms with van der Waals surface area (Å²) in [5.74, 6) is -0.276. The fourth-order valence-corrected chi connectivity index (χ4v) is 3.57. The van der Waals surface area contributed by atoms with Gasteiger partial charge in [-0.25, -0.2) is 4.79 Å². The largest absolute Gasteiger partial charge is 0.482 e. The first-order chi connectivity index (χ1) is 10.7. The van der Waals surface area contributed by atoms with Crippen LogP contribution in [0.1, 0.15) is 24.8 Å². The summed E-state index contributed by atoms with van der Waals surface area (Å²) in [7, 11) is 0.